The summed E-state index contributed by atoms with van der Waals surface area (Å²) in [6.07, 6.45) is -0.110. The van der Waals surface area contributed by atoms with Gasteiger partial charge in [-0.25, -0.2) is 4.39 Å². The highest BCUT2D eigenvalue weighted by Crippen LogP contribution is 2.11. The lowest BCUT2D eigenvalue weighted by Gasteiger charge is -2.32. The highest BCUT2D eigenvalue weighted by molar-refractivity contribution is 4.82. The zero-order chi connectivity index (χ0) is 8.97. The first-order chi connectivity index (χ1) is 5.74. The van der Waals surface area contributed by atoms with Crippen LogP contribution in [0.4, 0.5) is 4.39 Å². The van der Waals surface area contributed by atoms with Crippen molar-refractivity contribution in [2.75, 3.05) is 33.4 Å². The topological polar surface area (TPSA) is 38.5 Å². The molecule has 2 atom stereocenters. The van der Waals surface area contributed by atoms with E-state index in [1.54, 1.807) is 7.11 Å². The Morgan fingerprint density at radius 2 is 2.42 bits per heavy atom. The summed E-state index contributed by atoms with van der Waals surface area (Å²) in [4.78, 5) is 2.05. The van der Waals surface area contributed by atoms with Crippen LogP contribution in [-0.2, 0) is 4.74 Å². The molecule has 0 unspecified atom stereocenters. The summed E-state index contributed by atoms with van der Waals surface area (Å²) in [5, 5.41) is 0. The molecule has 1 fully saturated rings. The smallest absolute Gasteiger partial charge is 0.128 e. The van der Waals surface area contributed by atoms with Gasteiger partial charge in [0.25, 0.3) is 0 Å². The Labute approximate surface area is 72.7 Å². The van der Waals surface area contributed by atoms with E-state index in [1.165, 1.54) is 0 Å². The number of rotatable bonds is 3. The minimum atomic E-state index is -0.865. The van der Waals surface area contributed by atoms with E-state index in [9.17, 15) is 4.39 Å². The maximum absolute atomic E-state index is 13.0. The SMILES string of the molecule is COCCN1CC[C@@H](N)[C@H](F)C1. The van der Waals surface area contributed by atoms with Crippen LogP contribution in [0.3, 0.4) is 0 Å². The highest BCUT2D eigenvalue weighted by atomic mass is 19.1. The van der Waals surface area contributed by atoms with Gasteiger partial charge in [-0.2, -0.15) is 0 Å². The first-order valence-corrected chi connectivity index (χ1v) is 4.35. The summed E-state index contributed by atoms with van der Waals surface area (Å²) < 4.78 is 18.0. The lowest BCUT2D eigenvalue weighted by Crippen LogP contribution is -2.49. The number of likely N-dealkylation sites (tertiary alicyclic amines) is 1. The van der Waals surface area contributed by atoms with Gasteiger partial charge in [0, 0.05) is 26.2 Å². The van der Waals surface area contributed by atoms with Gasteiger partial charge in [0.1, 0.15) is 6.17 Å². The van der Waals surface area contributed by atoms with E-state index in [4.69, 9.17) is 10.5 Å². The molecule has 0 aromatic carbocycles. The molecule has 0 aromatic heterocycles. The van der Waals surface area contributed by atoms with Crippen LogP contribution in [0.1, 0.15) is 6.42 Å². The van der Waals surface area contributed by atoms with Gasteiger partial charge in [-0.3, -0.25) is 4.90 Å². The largest absolute Gasteiger partial charge is 0.383 e. The number of alkyl halides is 1. The molecule has 0 spiro atoms. The molecular formula is C8H17FN2O. The maximum atomic E-state index is 13.0. The normalized spacial score (nSPS) is 32.2. The van der Waals surface area contributed by atoms with Gasteiger partial charge in [-0.15, -0.1) is 0 Å². The average Bonchev–Trinajstić information content (AvgIpc) is 2.07. The predicted octanol–water partition coefficient (Wildman–Crippen LogP) is 0.00390. The molecule has 3 nitrogen and oxygen atoms in total. The fraction of sp³-hybridized carbons (Fsp3) is 1.00. The van der Waals surface area contributed by atoms with E-state index < -0.39 is 6.17 Å². The Morgan fingerprint density at radius 1 is 1.67 bits per heavy atom. The van der Waals surface area contributed by atoms with E-state index in [0.717, 1.165) is 19.5 Å². The van der Waals surface area contributed by atoms with Gasteiger partial charge >= 0.3 is 0 Å². The molecular weight excluding hydrogens is 159 g/mol. The number of nitrogens with two attached hydrogens (primary N) is 1. The second-order valence-electron chi connectivity index (χ2n) is 3.26. The summed E-state index contributed by atoms with van der Waals surface area (Å²) in [7, 11) is 1.66. The molecule has 0 aromatic rings. The molecule has 1 aliphatic heterocycles. The average molecular weight is 176 g/mol. The monoisotopic (exact) mass is 176 g/mol. The summed E-state index contributed by atoms with van der Waals surface area (Å²) in [6, 6.07) is -0.260. The van der Waals surface area contributed by atoms with Crippen LogP contribution in [-0.4, -0.2) is 50.5 Å². The van der Waals surface area contributed by atoms with Gasteiger partial charge in [0.15, 0.2) is 0 Å². The van der Waals surface area contributed by atoms with Crippen molar-refractivity contribution < 1.29 is 9.13 Å². The standard InChI is InChI=1S/C8H17FN2O/c1-12-5-4-11-3-2-8(10)7(9)6-11/h7-8H,2-6,10H2,1H3/t7-,8-/m1/s1. The van der Waals surface area contributed by atoms with Crippen molar-refractivity contribution >= 4 is 0 Å². The van der Waals surface area contributed by atoms with Gasteiger partial charge in [-0.1, -0.05) is 0 Å². The number of nitrogens with zero attached hydrogens (tertiary/aromatic N) is 1. The third kappa shape index (κ3) is 2.69. The Morgan fingerprint density at radius 3 is 3.00 bits per heavy atom. The fourth-order valence-electron chi connectivity index (χ4n) is 1.41. The summed E-state index contributed by atoms with van der Waals surface area (Å²) in [5.74, 6) is 0. The fourth-order valence-corrected chi connectivity index (χ4v) is 1.41. The number of hydrogen-bond acceptors (Lipinski definition) is 3. The lowest BCUT2D eigenvalue weighted by atomic mass is 10.0. The first-order valence-electron chi connectivity index (χ1n) is 4.35. The Hall–Kier alpha value is -0.190. The van der Waals surface area contributed by atoms with Gasteiger partial charge in [-0.05, 0) is 13.0 Å². The highest BCUT2D eigenvalue weighted by Gasteiger charge is 2.25. The number of methoxy groups -OCH3 is 1. The number of ether oxygens (including phenoxy) is 1. The van der Waals surface area contributed by atoms with Crippen LogP contribution in [0.25, 0.3) is 0 Å². The Kier molecular flexibility index (Phi) is 3.91. The van der Waals surface area contributed by atoms with Crippen LogP contribution in [0, 0.1) is 0 Å². The van der Waals surface area contributed by atoms with Crippen molar-refractivity contribution in [3.8, 4) is 0 Å². The molecule has 12 heavy (non-hydrogen) atoms. The van der Waals surface area contributed by atoms with Gasteiger partial charge < -0.3 is 10.5 Å². The molecule has 1 rings (SSSR count). The van der Waals surface area contributed by atoms with Crippen LogP contribution < -0.4 is 5.73 Å². The molecule has 1 aliphatic rings. The molecule has 0 radical (unpaired) electrons. The zero-order valence-electron chi connectivity index (χ0n) is 7.50. The van der Waals surface area contributed by atoms with Crippen LogP contribution in [0.5, 0.6) is 0 Å². The van der Waals surface area contributed by atoms with E-state index in [0.29, 0.717) is 13.2 Å². The van der Waals surface area contributed by atoms with E-state index in [-0.39, 0.29) is 6.04 Å². The Balaban J connectivity index is 2.21. The zero-order valence-corrected chi connectivity index (χ0v) is 7.50. The van der Waals surface area contributed by atoms with Crippen molar-refractivity contribution in [2.24, 2.45) is 5.73 Å². The van der Waals surface area contributed by atoms with Crippen molar-refractivity contribution in [1.29, 1.82) is 0 Å². The maximum Gasteiger partial charge on any atom is 0.128 e. The first kappa shape index (κ1) is 9.89. The minimum absolute atomic E-state index is 0.260. The second kappa shape index (κ2) is 4.74. The molecule has 1 heterocycles. The summed E-state index contributed by atoms with van der Waals surface area (Å²) >= 11 is 0. The molecule has 0 amide bonds. The van der Waals surface area contributed by atoms with E-state index in [2.05, 4.69) is 4.90 Å². The van der Waals surface area contributed by atoms with E-state index in [1.807, 2.05) is 0 Å². The predicted molar refractivity (Wildman–Crippen MR) is 45.8 cm³/mol. The van der Waals surface area contributed by atoms with Gasteiger partial charge in [0.2, 0.25) is 0 Å². The van der Waals surface area contributed by atoms with Crippen molar-refractivity contribution in [1.82, 2.24) is 4.90 Å². The Bertz CT molecular complexity index is 132. The van der Waals surface area contributed by atoms with Crippen LogP contribution in [0.15, 0.2) is 0 Å². The number of piperidine rings is 1. The molecule has 72 valence electrons. The molecule has 0 aliphatic carbocycles. The molecule has 2 N–H and O–H groups in total. The van der Waals surface area contributed by atoms with Crippen molar-refractivity contribution in [3.63, 3.8) is 0 Å². The summed E-state index contributed by atoms with van der Waals surface area (Å²) in [5.41, 5.74) is 5.54. The molecule has 4 heteroatoms. The van der Waals surface area contributed by atoms with E-state index >= 15 is 0 Å². The molecule has 1 saturated heterocycles. The molecule has 0 saturated carbocycles. The molecule has 0 bridgehead atoms. The number of hydrogen-bond donors (Lipinski definition) is 1. The van der Waals surface area contributed by atoms with Crippen molar-refractivity contribution in [3.05, 3.63) is 0 Å². The third-order valence-electron chi connectivity index (χ3n) is 2.29. The van der Waals surface area contributed by atoms with Crippen molar-refractivity contribution in [2.45, 2.75) is 18.6 Å². The van der Waals surface area contributed by atoms with Crippen LogP contribution in [0.2, 0.25) is 0 Å². The third-order valence-corrected chi connectivity index (χ3v) is 2.29. The van der Waals surface area contributed by atoms with Crippen LogP contribution >= 0.6 is 0 Å². The lowest BCUT2D eigenvalue weighted by molar-refractivity contribution is 0.0877. The van der Waals surface area contributed by atoms with Gasteiger partial charge in [0.05, 0.1) is 6.61 Å². The quantitative estimate of drug-likeness (QED) is 0.658. The number of halogens is 1. The second-order valence-corrected chi connectivity index (χ2v) is 3.26. The summed E-state index contributed by atoms with van der Waals surface area (Å²) in [6.45, 7) is 2.83. The minimum Gasteiger partial charge on any atom is -0.383 e.